The largest absolute Gasteiger partial charge is 0.384 e. The highest BCUT2D eigenvalue weighted by Gasteiger charge is 2.07. The van der Waals surface area contributed by atoms with Crippen LogP contribution in [0.5, 0.6) is 0 Å². The molecule has 0 aromatic rings. The van der Waals surface area contributed by atoms with E-state index in [9.17, 15) is 0 Å². The van der Waals surface area contributed by atoms with Crippen LogP contribution in [0.1, 0.15) is 19.3 Å². The van der Waals surface area contributed by atoms with Gasteiger partial charge in [-0.05, 0) is 12.8 Å². The Bertz CT molecular complexity index is 152. The lowest BCUT2D eigenvalue weighted by Gasteiger charge is -2.10. The van der Waals surface area contributed by atoms with E-state index in [2.05, 4.69) is 5.32 Å². The van der Waals surface area contributed by atoms with Gasteiger partial charge in [-0.3, -0.25) is 5.41 Å². The topological polar surface area (TPSA) is 66.5 Å². The fourth-order valence-electron chi connectivity index (χ4n) is 1.19. The Labute approximate surface area is 60.8 Å². The number of nitrogens with one attached hydrogen (secondary N) is 1. The van der Waals surface area contributed by atoms with E-state index in [0.717, 1.165) is 13.0 Å². The van der Waals surface area contributed by atoms with Crippen molar-refractivity contribution in [3.63, 3.8) is 0 Å². The predicted molar refractivity (Wildman–Crippen MR) is 40.6 cm³/mol. The van der Waals surface area contributed by atoms with Gasteiger partial charge in [-0.25, -0.2) is 0 Å². The number of hydrogen-bond acceptors (Lipinski definition) is 1. The van der Waals surface area contributed by atoms with Crippen LogP contribution < -0.4 is 11.1 Å². The molecule has 3 heteroatoms. The summed E-state index contributed by atoms with van der Waals surface area (Å²) in [5, 5.41) is 9.18. The van der Waals surface area contributed by atoms with Crippen molar-refractivity contribution in [2.24, 2.45) is 5.73 Å². The molecule has 1 fully saturated rings. The zero-order valence-corrected chi connectivity index (χ0v) is 6.06. The minimum Gasteiger partial charge on any atom is -0.384 e. The SMILES string of the molecule is N=C(N)/C=C1/CCCC[NH2+]1. The Hall–Kier alpha value is -0.830. The molecule has 1 saturated heterocycles. The van der Waals surface area contributed by atoms with E-state index < -0.39 is 0 Å². The van der Waals surface area contributed by atoms with Gasteiger partial charge < -0.3 is 11.1 Å². The van der Waals surface area contributed by atoms with E-state index in [1.54, 1.807) is 6.08 Å². The zero-order valence-electron chi connectivity index (χ0n) is 6.06. The lowest BCUT2D eigenvalue weighted by molar-refractivity contribution is -0.615. The second kappa shape index (κ2) is 3.37. The molecule has 0 saturated carbocycles. The number of piperidine rings is 1. The van der Waals surface area contributed by atoms with Gasteiger partial charge in [0.05, 0.1) is 6.54 Å². The van der Waals surface area contributed by atoms with Crippen LogP contribution in [0.3, 0.4) is 0 Å². The summed E-state index contributed by atoms with van der Waals surface area (Å²) in [6.45, 7) is 1.15. The number of amidine groups is 1. The molecule has 0 radical (unpaired) electrons. The molecule has 0 aromatic heterocycles. The Morgan fingerprint density at radius 2 is 2.40 bits per heavy atom. The van der Waals surface area contributed by atoms with Gasteiger partial charge in [0.2, 0.25) is 0 Å². The van der Waals surface area contributed by atoms with Crippen molar-refractivity contribution in [2.45, 2.75) is 19.3 Å². The predicted octanol–water partition coefficient (Wildman–Crippen LogP) is -0.446. The van der Waals surface area contributed by atoms with Crippen LogP contribution in [0.25, 0.3) is 0 Å². The highest BCUT2D eigenvalue weighted by atomic mass is 14.9. The van der Waals surface area contributed by atoms with Crippen molar-refractivity contribution < 1.29 is 5.32 Å². The summed E-state index contributed by atoms with van der Waals surface area (Å²) < 4.78 is 0. The molecular formula is C7H14N3+. The summed E-state index contributed by atoms with van der Waals surface area (Å²) in [4.78, 5) is 0. The molecule has 0 amide bonds. The van der Waals surface area contributed by atoms with Gasteiger partial charge in [-0.1, -0.05) is 0 Å². The van der Waals surface area contributed by atoms with Crippen LogP contribution in [-0.4, -0.2) is 12.4 Å². The smallest absolute Gasteiger partial charge is 0.120 e. The van der Waals surface area contributed by atoms with Gasteiger partial charge in [0.1, 0.15) is 11.5 Å². The first kappa shape index (κ1) is 7.28. The summed E-state index contributed by atoms with van der Waals surface area (Å²) in [6.07, 6.45) is 5.38. The molecule has 1 aliphatic rings. The van der Waals surface area contributed by atoms with Crippen LogP contribution in [0.4, 0.5) is 0 Å². The molecule has 1 heterocycles. The van der Waals surface area contributed by atoms with Gasteiger partial charge in [0.15, 0.2) is 0 Å². The van der Waals surface area contributed by atoms with Crippen LogP contribution in [0.2, 0.25) is 0 Å². The van der Waals surface area contributed by atoms with Gasteiger partial charge in [0.25, 0.3) is 0 Å². The molecule has 0 atom stereocenters. The number of quaternary nitrogens is 1. The van der Waals surface area contributed by atoms with Crippen molar-refractivity contribution >= 4 is 5.84 Å². The van der Waals surface area contributed by atoms with Crippen molar-refractivity contribution in [3.8, 4) is 0 Å². The maximum absolute atomic E-state index is 7.01. The average Bonchev–Trinajstić information content (AvgIpc) is 1.88. The summed E-state index contributed by atoms with van der Waals surface area (Å²) in [7, 11) is 0. The molecular weight excluding hydrogens is 126 g/mol. The lowest BCUT2D eigenvalue weighted by atomic mass is 10.1. The molecule has 10 heavy (non-hydrogen) atoms. The Morgan fingerprint density at radius 3 is 2.90 bits per heavy atom. The first-order valence-corrected chi connectivity index (χ1v) is 3.67. The third kappa shape index (κ3) is 2.19. The zero-order chi connectivity index (χ0) is 7.40. The summed E-state index contributed by atoms with van der Waals surface area (Å²) in [6, 6.07) is 0. The first-order valence-electron chi connectivity index (χ1n) is 3.67. The van der Waals surface area contributed by atoms with Gasteiger partial charge in [-0.15, -0.1) is 0 Å². The van der Waals surface area contributed by atoms with E-state index in [4.69, 9.17) is 11.1 Å². The fourth-order valence-corrected chi connectivity index (χ4v) is 1.19. The Kier molecular flexibility index (Phi) is 2.45. The molecule has 0 bridgehead atoms. The van der Waals surface area contributed by atoms with Crippen LogP contribution in [0.15, 0.2) is 11.8 Å². The molecule has 5 N–H and O–H groups in total. The van der Waals surface area contributed by atoms with E-state index in [-0.39, 0.29) is 5.84 Å². The summed E-state index contributed by atoms with van der Waals surface area (Å²) >= 11 is 0. The average molecular weight is 140 g/mol. The second-order valence-electron chi connectivity index (χ2n) is 2.62. The van der Waals surface area contributed by atoms with Crippen molar-refractivity contribution in [1.82, 2.24) is 0 Å². The molecule has 0 aromatic carbocycles. The number of allylic oxidation sites excluding steroid dienone is 1. The molecule has 0 aliphatic carbocycles. The van der Waals surface area contributed by atoms with E-state index in [1.165, 1.54) is 18.5 Å². The van der Waals surface area contributed by atoms with Crippen LogP contribution >= 0.6 is 0 Å². The maximum atomic E-state index is 7.01. The van der Waals surface area contributed by atoms with Crippen LogP contribution in [-0.2, 0) is 0 Å². The third-order valence-corrected chi connectivity index (χ3v) is 1.67. The van der Waals surface area contributed by atoms with Crippen molar-refractivity contribution in [2.75, 3.05) is 6.54 Å². The fraction of sp³-hybridized carbons (Fsp3) is 0.571. The summed E-state index contributed by atoms with van der Waals surface area (Å²) in [5.74, 6) is 0.174. The third-order valence-electron chi connectivity index (χ3n) is 1.67. The molecule has 0 spiro atoms. The van der Waals surface area contributed by atoms with E-state index >= 15 is 0 Å². The van der Waals surface area contributed by atoms with Crippen LogP contribution in [0, 0.1) is 5.41 Å². The van der Waals surface area contributed by atoms with Crippen molar-refractivity contribution in [1.29, 1.82) is 5.41 Å². The minimum absolute atomic E-state index is 0.174. The highest BCUT2D eigenvalue weighted by molar-refractivity contribution is 5.88. The minimum atomic E-state index is 0.174. The Balaban J connectivity index is 2.45. The molecule has 1 rings (SSSR count). The molecule has 0 unspecified atom stereocenters. The van der Waals surface area contributed by atoms with Gasteiger partial charge in [0, 0.05) is 12.5 Å². The normalized spacial score (nSPS) is 23.0. The van der Waals surface area contributed by atoms with Gasteiger partial charge >= 0.3 is 0 Å². The van der Waals surface area contributed by atoms with E-state index in [1.807, 2.05) is 0 Å². The Morgan fingerprint density at radius 1 is 1.60 bits per heavy atom. The second-order valence-corrected chi connectivity index (χ2v) is 2.62. The first-order chi connectivity index (χ1) is 4.79. The van der Waals surface area contributed by atoms with Gasteiger partial charge in [-0.2, -0.15) is 0 Å². The van der Waals surface area contributed by atoms with Crippen molar-refractivity contribution in [3.05, 3.63) is 11.8 Å². The number of hydrogen-bond donors (Lipinski definition) is 3. The number of rotatable bonds is 1. The highest BCUT2D eigenvalue weighted by Crippen LogP contribution is 2.02. The lowest BCUT2D eigenvalue weighted by Crippen LogP contribution is -2.83. The van der Waals surface area contributed by atoms with E-state index in [0.29, 0.717) is 0 Å². The summed E-state index contributed by atoms with van der Waals surface area (Å²) in [5.41, 5.74) is 6.45. The molecule has 56 valence electrons. The maximum Gasteiger partial charge on any atom is 0.120 e. The number of nitrogens with two attached hydrogens (primary N) is 2. The standard InChI is InChI=1S/C7H13N3/c8-7(9)5-6-3-1-2-4-10-6/h5,10H,1-4H2,(H3,8,9)/p+1/b6-5-. The molecule has 3 nitrogen and oxygen atoms in total. The molecule has 1 aliphatic heterocycles. The quantitative estimate of drug-likeness (QED) is 0.335. The monoisotopic (exact) mass is 140 g/mol.